The molecule has 0 radical (unpaired) electrons. The summed E-state index contributed by atoms with van der Waals surface area (Å²) in [6.45, 7) is 0. The van der Waals surface area contributed by atoms with Crippen LogP contribution < -0.4 is 10.9 Å². The SMILES string of the molecule is O=C(O)c1cn2c3cc4c(cc3oc3c(F)c(F)cc(c1=O)c32)c(=O)c1ccccc14. The minimum Gasteiger partial charge on any atom is -0.477 e. The quantitative estimate of drug-likeness (QED) is 0.319. The third-order valence-corrected chi connectivity index (χ3v) is 5.65. The Morgan fingerprint density at radius 3 is 2.39 bits per heavy atom. The Morgan fingerprint density at radius 2 is 1.65 bits per heavy atom. The van der Waals surface area contributed by atoms with Crippen LogP contribution in [0.5, 0.6) is 0 Å². The summed E-state index contributed by atoms with van der Waals surface area (Å²) >= 11 is 0. The fourth-order valence-electron chi connectivity index (χ4n) is 4.26. The normalized spacial score (nSPS) is 12.1. The molecule has 0 fully saturated rings. The first-order chi connectivity index (χ1) is 14.9. The van der Waals surface area contributed by atoms with Crippen LogP contribution in [0, 0.1) is 11.6 Å². The van der Waals surface area contributed by atoms with Crippen molar-refractivity contribution in [3.63, 3.8) is 0 Å². The fraction of sp³-hybridized carbons (Fsp3) is 0. The van der Waals surface area contributed by atoms with Crippen LogP contribution in [0.25, 0.3) is 49.1 Å². The van der Waals surface area contributed by atoms with Gasteiger partial charge in [0, 0.05) is 17.0 Å². The molecule has 0 atom stereocenters. The zero-order valence-corrected chi connectivity index (χ0v) is 15.4. The molecule has 0 unspecified atom stereocenters. The summed E-state index contributed by atoms with van der Waals surface area (Å²) in [6, 6.07) is 10.7. The number of pyridine rings is 1. The number of halogens is 2. The second-order valence-electron chi connectivity index (χ2n) is 7.29. The number of nitrogens with zero attached hydrogens (tertiary/aromatic N) is 1. The molecule has 0 saturated carbocycles. The molecule has 0 bridgehead atoms. The molecule has 6 aromatic rings. The second-order valence-corrected chi connectivity index (χ2v) is 7.29. The summed E-state index contributed by atoms with van der Waals surface area (Å²) in [5, 5.41) is 11.3. The van der Waals surface area contributed by atoms with Crippen LogP contribution in [0.15, 0.2) is 62.7 Å². The Bertz CT molecular complexity index is 1880. The van der Waals surface area contributed by atoms with Crippen molar-refractivity contribution in [1.82, 2.24) is 4.40 Å². The van der Waals surface area contributed by atoms with E-state index in [0.717, 1.165) is 6.20 Å². The number of rotatable bonds is 1. The van der Waals surface area contributed by atoms with Crippen LogP contribution in [-0.2, 0) is 0 Å². The number of aromatic nitrogens is 1. The van der Waals surface area contributed by atoms with Crippen molar-refractivity contribution < 1.29 is 23.1 Å². The van der Waals surface area contributed by atoms with Crippen LogP contribution >= 0.6 is 0 Å². The van der Waals surface area contributed by atoms with Gasteiger partial charge in [-0.2, -0.15) is 4.39 Å². The first-order valence-corrected chi connectivity index (χ1v) is 9.18. The molecule has 0 spiro atoms. The Hall–Kier alpha value is -4.33. The van der Waals surface area contributed by atoms with E-state index in [1.165, 1.54) is 10.5 Å². The van der Waals surface area contributed by atoms with Crippen molar-refractivity contribution in [2.45, 2.75) is 0 Å². The van der Waals surface area contributed by atoms with Gasteiger partial charge >= 0.3 is 5.97 Å². The number of hydrogen-bond donors (Lipinski definition) is 1. The number of carboxylic acids is 1. The van der Waals surface area contributed by atoms with E-state index < -0.39 is 34.2 Å². The van der Waals surface area contributed by atoms with Gasteiger partial charge < -0.3 is 13.9 Å². The van der Waals surface area contributed by atoms with Gasteiger partial charge in [0.05, 0.1) is 10.9 Å². The van der Waals surface area contributed by atoms with Gasteiger partial charge in [-0.15, -0.1) is 0 Å². The maximum atomic E-state index is 14.6. The molecule has 2 heterocycles. The van der Waals surface area contributed by atoms with E-state index in [1.54, 1.807) is 30.3 Å². The molecule has 0 saturated heterocycles. The van der Waals surface area contributed by atoms with Crippen molar-refractivity contribution in [2.24, 2.45) is 0 Å². The lowest BCUT2D eigenvalue weighted by Crippen LogP contribution is -2.18. The second kappa shape index (κ2) is 5.63. The third-order valence-electron chi connectivity index (χ3n) is 5.65. The average Bonchev–Trinajstić information content (AvgIpc) is 3.03. The van der Waals surface area contributed by atoms with Crippen LogP contribution in [0.3, 0.4) is 0 Å². The minimum absolute atomic E-state index is 0.0400. The average molecular weight is 417 g/mol. The van der Waals surface area contributed by atoms with Crippen LogP contribution in [-0.4, -0.2) is 15.5 Å². The maximum absolute atomic E-state index is 14.6. The Kier molecular flexibility index (Phi) is 3.18. The Morgan fingerprint density at radius 1 is 0.903 bits per heavy atom. The van der Waals surface area contributed by atoms with Gasteiger partial charge in [-0.3, -0.25) is 9.59 Å². The molecule has 31 heavy (non-hydrogen) atoms. The molecule has 6 rings (SSSR count). The summed E-state index contributed by atoms with van der Waals surface area (Å²) < 4.78 is 35.7. The van der Waals surface area contributed by atoms with Crippen LogP contribution in [0.4, 0.5) is 8.78 Å². The molecule has 0 amide bonds. The predicted molar refractivity (Wildman–Crippen MR) is 110 cm³/mol. The number of benzene rings is 3. The third kappa shape index (κ3) is 2.10. The van der Waals surface area contributed by atoms with Crippen LogP contribution in [0.2, 0.25) is 0 Å². The van der Waals surface area contributed by atoms with Crippen molar-refractivity contribution in [3.05, 3.63) is 86.3 Å². The molecule has 8 heteroatoms. The molecule has 1 N–H and O–H groups in total. The van der Waals surface area contributed by atoms with Gasteiger partial charge in [0.2, 0.25) is 11.2 Å². The number of carboxylic acid groups (broad SMARTS) is 1. The summed E-state index contributed by atoms with van der Waals surface area (Å²) in [4.78, 5) is 37.0. The highest BCUT2D eigenvalue weighted by molar-refractivity contribution is 6.15. The Balaban J connectivity index is 1.96. The summed E-state index contributed by atoms with van der Waals surface area (Å²) in [5.41, 5.74) is -2.08. The van der Waals surface area contributed by atoms with E-state index in [4.69, 9.17) is 4.42 Å². The zero-order chi connectivity index (χ0) is 21.6. The lowest BCUT2D eigenvalue weighted by Gasteiger charge is -2.13. The number of hydrogen-bond acceptors (Lipinski definition) is 4. The van der Waals surface area contributed by atoms with Crippen molar-refractivity contribution in [3.8, 4) is 0 Å². The van der Waals surface area contributed by atoms with Crippen molar-refractivity contribution in [2.75, 3.05) is 0 Å². The van der Waals surface area contributed by atoms with Crippen molar-refractivity contribution in [1.29, 1.82) is 0 Å². The minimum atomic E-state index is -1.50. The fourth-order valence-corrected chi connectivity index (χ4v) is 4.26. The molecule has 0 aliphatic heterocycles. The first-order valence-electron chi connectivity index (χ1n) is 9.18. The summed E-state index contributed by atoms with van der Waals surface area (Å²) in [7, 11) is 0. The van der Waals surface area contributed by atoms with E-state index in [0.29, 0.717) is 33.1 Å². The summed E-state index contributed by atoms with van der Waals surface area (Å²) in [6.07, 6.45) is 1.06. The van der Waals surface area contributed by atoms with Crippen molar-refractivity contribution >= 4 is 55.1 Å². The predicted octanol–water partition coefficient (Wildman–Crippen LogP) is 4.28. The topological polar surface area (TPSA) is 89.0 Å². The Labute approximate surface area is 169 Å². The standard InChI is InChI=1S/C23H9F2NO5/c24-15-5-13-19-22(18(15)25)31-17-7-12-11(9-3-1-2-4-10(9)20(12)27)6-16(17)26(19)8-14(21(13)28)23(29)30/h1-8H,(H,29,30). The van der Waals surface area contributed by atoms with E-state index in [-0.39, 0.29) is 21.9 Å². The van der Waals surface area contributed by atoms with E-state index in [9.17, 15) is 28.3 Å². The van der Waals surface area contributed by atoms with Gasteiger partial charge in [-0.1, -0.05) is 24.3 Å². The van der Waals surface area contributed by atoms with Gasteiger partial charge in [-0.05, 0) is 29.0 Å². The zero-order valence-electron chi connectivity index (χ0n) is 15.4. The molecule has 6 nitrogen and oxygen atoms in total. The number of fused-ring (bicyclic) bond motifs is 5. The molecule has 2 aromatic heterocycles. The highest BCUT2D eigenvalue weighted by atomic mass is 19.2. The number of aromatic carboxylic acids is 1. The van der Waals surface area contributed by atoms with Gasteiger partial charge in [0.25, 0.3) is 0 Å². The first kappa shape index (κ1) is 17.5. The maximum Gasteiger partial charge on any atom is 0.341 e. The van der Waals surface area contributed by atoms with Gasteiger partial charge in [0.15, 0.2) is 22.4 Å². The molecule has 150 valence electrons. The number of carbonyl (C=O) groups is 1. The highest BCUT2D eigenvalue weighted by Gasteiger charge is 2.23. The molecule has 0 aliphatic carbocycles. The monoisotopic (exact) mass is 417 g/mol. The van der Waals surface area contributed by atoms with Gasteiger partial charge in [0.1, 0.15) is 11.1 Å². The molecular formula is C23H9F2NO5. The van der Waals surface area contributed by atoms with Gasteiger partial charge in [-0.25, -0.2) is 9.18 Å². The molecule has 0 aliphatic rings. The molecule has 4 aromatic carbocycles. The van der Waals surface area contributed by atoms with Crippen LogP contribution in [0.1, 0.15) is 10.4 Å². The van der Waals surface area contributed by atoms with E-state index in [1.807, 2.05) is 0 Å². The molecular weight excluding hydrogens is 408 g/mol. The smallest absolute Gasteiger partial charge is 0.341 e. The van der Waals surface area contributed by atoms with E-state index in [2.05, 4.69) is 0 Å². The summed E-state index contributed by atoms with van der Waals surface area (Å²) in [5.74, 6) is -4.16. The highest BCUT2D eigenvalue weighted by Crippen LogP contribution is 2.33. The lowest BCUT2D eigenvalue weighted by atomic mass is 10.1. The lowest BCUT2D eigenvalue weighted by molar-refractivity contribution is 0.0695. The van der Waals surface area contributed by atoms with E-state index >= 15 is 0 Å². The largest absolute Gasteiger partial charge is 0.477 e.